The molecule has 1 aliphatic rings. The molecular formula is C13H16BrNO2. The Labute approximate surface area is 110 Å². The number of benzene rings is 1. The number of anilines is 1. The molecular weight excluding hydrogens is 282 g/mol. The van der Waals surface area contributed by atoms with Gasteiger partial charge in [-0.15, -0.1) is 0 Å². The summed E-state index contributed by atoms with van der Waals surface area (Å²) in [6.07, 6.45) is 1.10. The summed E-state index contributed by atoms with van der Waals surface area (Å²) < 4.78 is 6.57. The third kappa shape index (κ3) is 2.69. The average Bonchev–Trinajstić information content (AvgIpc) is 2.32. The first-order chi connectivity index (χ1) is 8.11. The largest absolute Gasteiger partial charge is 0.375 e. The number of nitrogens with zero attached hydrogens (tertiary/aromatic N) is 1. The molecule has 4 heteroatoms. The average molecular weight is 298 g/mol. The first-order valence-corrected chi connectivity index (χ1v) is 6.54. The monoisotopic (exact) mass is 297 g/mol. The lowest BCUT2D eigenvalue weighted by molar-refractivity contribution is 0.0343. The second kappa shape index (κ2) is 5.19. The van der Waals surface area contributed by atoms with Crippen molar-refractivity contribution in [3.05, 3.63) is 28.2 Å². The van der Waals surface area contributed by atoms with Gasteiger partial charge in [-0.25, -0.2) is 0 Å². The molecule has 1 aromatic carbocycles. The minimum atomic E-state index is 0.240. The van der Waals surface area contributed by atoms with Crippen LogP contribution in [0.15, 0.2) is 22.7 Å². The van der Waals surface area contributed by atoms with Gasteiger partial charge in [0.25, 0.3) is 0 Å². The van der Waals surface area contributed by atoms with Crippen LogP contribution in [0, 0.1) is 0 Å². The van der Waals surface area contributed by atoms with Crippen LogP contribution in [0.25, 0.3) is 0 Å². The Morgan fingerprint density at radius 1 is 1.47 bits per heavy atom. The van der Waals surface area contributed by atoms with Crippen LogP contribution in [-0.4, -0.2) is 31.6 Å². The quantitative estimate of drug-likeness (QED) is 0.786. The number of halogens is 1. The minimum absolute atomic E-state index is 0.240. The Kier molecular flexibility index (Phi) is 3.84. The standard InChI is InChI=1S/C13H16BrNO2/c1-9-8-17-10(2)6-15(9)13-4-3-11(7-16)5-12(13)14/h3-5,7,9-10H,6,8H2,1-2H3. The lowest BCUT2D eigenvalue weighted by Crippen LogP contribution is -2.47. The molecule has 2 rings (SSSR count). The van der Waals surface area contributed by atoms with E-state index < -0.39 is 0 Å². The van der Waals surface area contributed by atoms with Crippen molar-refractivity contribution in [2.24, 2.45) is 0 Å². The highest BCUT2D eigenvalue weighted by Gasteiger charge is 2.24. The van der Waals surface area contributed by atoms with Crippen molar-refractivity contribution in [2.45, 2.75) is 26.0 Å². The highest BCUT2D eigenvalue weighted by atomic mass is 79.9. The van der Waals surface area contributed by atoms with Crippen LogP contribution in [0.3, 0.4) is 0 Å². The highest BCUT2D eigenvalue weighted by Crippen LogP contribution is 2.30. The zero-order valence-electron chi connectivity index (χ0n) is 10.0. The zero-order valence-corrected chi connectivity index (χ0v) is 11.6. The molecule has 1 fully saturated rings. The van der Waals surface area contributed by atoms with Gasteiger partial charge in [-0.2, -0.15) is 0 Å². The molecule has 3 nitrogen and oxygen atoms in total. The number of hydrogen-bond donors (Lipinski definition) is 0. The molecule has 1 heterocycles. The molecule has 0 aliphatic carbocycles. The molecule has 0 spiro atoms. The number of hydrogen-bond acceptors (Lipinski definition) is 3. The summed E-state index contributed by atoms with van der Waals surface area (Å²) >= 11 is 3.53. The predicted octanol–water partition coefficient (Wildman–Crippen LogP) is 2.88. The van der Waals surface area contributed by atoms with Crippen molar-refractivity contribution >= 4 is 27.9 Å². The molecule has 0 N–H and O–H groups in total. The van der Waals surface area contributed by atoms with E-state index in [0.717, 1.165) is 29.6 Å². The van der Waals surface area contributed by atoms with Crippen LogP contribution in [0.1, 0.15) is 24.2 Å². The van der Waals surface area contributed by atoms with Gasteiger partial charge >= 0.3 is 0 Å². The van der Waals surface area contributed by atoms with E-state index in [2.05, 4.69) is 34.7 Å². The zero-order chi connectivity index (χ0) is 12.4. The predicted molar refractivity (Wildman–Crippen MR) is 71.8 cm³/mol. The van der Waals surface area contributed by atoms with Gasteiger partial charge in [-0.05, 0) is 48.0 Å². The Morgan fingerprint density at radius 3 is 2.88 bits per heavy atom. The summed E-state index contributed by atoms with van der Waals surface area (Å²) in [4.78, 5) is 13.0. The number of aldehydes is 1. The molecule has 2 unspecified atom stereocenters. The number of carbonyl (C=O) groups excluding carboxylic acids is 1. The lowest BCUT2D eigenvalue weighted by atomic mass is 10.1. The second-order valence-electron chi connectivity index (χ2n) is 4.47. The Hall–Kier alpha value is -0.870. The maximum absolute atomic E-state index is 10.7. The fourth-order valence-corrected chi connectivity index (χ4v) is 2.69. The minimum Gasteiger partial charge on any atom is -0.375 e. The Bertz CT molecular complexity index is 422. The van der Waals surface area contributed by atoms with Gasteiger partial charge in [-0.3, -0.25) is 4.79 Å². The summed E-state index contributed by atoms with van der Waals surface area (Å²) in [6.45, 7) is 5.84. The van der Waals surface area contributed by atoms with E-state index in [1.807, 2.05) is 18.2 Å². The van der Waals surface area contributed by atoms with E-state index in [0.29, 0.717) is 11.6 Å². The van der Waals surface area contributed by atoms with Gasteiger partial charge in [-0.1, -0.05) is 0 Å². The summed E-state index contributed by atoms with van der Waals surface area (Å²) in [5.41, 5.74) is 1.81. The molecule has 0 saturated carbocycles. The lowest BCUT2D eigenvalue weighted by Gasteiger charge is -2.39. The fourth-order valence-electron chi connectivity index (χ4n) is 2.07. The van der Waals surface area contributed by atoms with Gasteiger partial charge in [0.05, 0.1) is 18.4 Å². The Morgan fingerprint density at radius 2 is 2.24 bits per heavy atom. The smallest absolute Gasteiger partial charge is 0.150 e. The normalized spacial score (nSPS) is 24.8. The van der Waals surface area contributed by atoms with Crippen LogP contribution in [0.5, 0.6) is 0 Å². The van der Waals surface area contributed by atoms with E-state index in [-0.39, 0.29) is 6.10 Å². The summed E-state index contributed by atoms with van der Waals surface area (Å²) in [7, 11) is 0. The van der Waals surface area contributed by atoms with Crippen molar-refractivity contribution < 1.29 is 9.53 Å². The van der Waals surface area contributed by atoms with Gasteiger partial charge in [0.15, 0.2) is 0 Å². The molecule has 2 atom stereocenters. The first-order valence-electron chi connectivity index (χ1n) is 5.75. The van der Waals surface area contributed by atoms with Crippen molar-refractivity contribution in [3.8, 4) is 0 Å². The summed E-state index contributed by atoms with van der Waals surface area (Å²) in [5, 5.41) is 0. The third-order valence-electron chi connectivity index (χ3n) is 3.03. The highest BCUT2D eigenvalue weighted by molar-refractivity contribution is 9.10. The van der Waals surface area contributed by atoms with Crippen molar-refractivity contribution in [1.29, 1.82) is 0 Å². The number of ether oxygens (including phenoxy) is 1. The molecule has 0 aromatic heterocycles. The molecule has 92 valence electrons. The molecule has 1 saturated heterocycles. The van der Waals surface area contributed by atoms with Crippen LogP contribution in [0.2, 0.25) is 0 Å². The SMILES string of the molecule is CC1CN(c2ccc(C=O)cc2Br)C(C)CO1. The molecule has 0 radical (unpaired) electrons. The number of rotatable bonds is 2. The van der Waals surface area contributed by atoms with E-state index >= 15 is 0 Å². The van der Waals surface area contributed by atoms with Gasteiger partial charge < -0.3 is 9.64 Å². The molecule has 17 heavy (non-hydrogen) atoms. The van der Waals surface area contributed by atoms with E-state index in [1.165, 1.54) is 0 Å². The van der Waals surface area contributed by atoms with E-state index in [9.17, 15) is 4.79 Å². The van der Waals surface area contributed by atoms with E-state index in [1.54, 1.807) is 0 Å². The van der Waals surface area contributed by atoms with Crippen molar-refractivity contribution in [1.82, 2.24) is 0 Å². The van der Waals surface area contributed by atoms with Gasteiger partial charge in [0, 0.05) is 22.6 Å². The van der Waals surface area contributed by atoms with Crippen LogP contribution < -0.4 is 4.90 Å². The number of morpholine rings is 1. The molecule has 1 aromatic rings. The topological polar surface area (TPSA) is 29.5 Å². The Balaban J connectivity index is 2.29. The maximum Gasteiger partial charge on any atom is 0.150 e. The van der Waals surface area contributed by atoms with Crippen molar-refractivity contribution in [2.75, 3.05) is 18.1 Å². The van der Waals surface area contributed by atoms with Crippen LogP contribution in [-0.2, 0) is 4.74 Å². The van der Waals surface area contributed by atoms with Crippen LogP contribution >= 0.6 is 15.9 Å². The van der Waals surface area contributed by atoms with Gasteiger partial charge in [0.2, 0.25) is 0 Å². The summed E-state index contributed by atoms with van der Waals surface area (Å²) in [6, 6.07) is 6.04. The molecule has 1 aliphatic heterocycles. The van der Waals surface area contributed by atoms with E-state index in [4.69, 9.17) is 4.74 Å². The molecule has 0 amide bonds. The maximum atomic E-state index is 10.7. The van der Waals surface area contributed by atoms with Crippen molar-refractivity contribution in [3.63, 3.8) is 0 Å². The third-order valence-corrected chi connectivity index (χ3v) is 3.66. The van der Waals surface area contributed by atoms with Gasteiger partial charge in [0.1, 0.15) is 6.29 Å². The number of carbonyl (C=O) groups is 1. The second-order valence-corrected chi connectivity index (χ2v) is 5.33. The summed E-state index contributed by atoms with van der Waals surface area (Å²) in [5.74, 6) is 0. The fraction of sp³-hybridized carbons (Fsp3) is 0.462. The van der Waals surface area contributed by atoms with Crippen LogP contribution in [0.4, 0.5) is 5.69 Å². The molecule has 0 bridgehead atoms. The first kappa shape index (κ1) is 12.6.